The number of oxime groups is 1. The fraction of sp³-hybridized carbons (Fsp3) is 0.400. The van der Waals surface area contributed by atoms with Crippen LogP contribution in [0.25, 0.3) is 0 Å². The molecule has 1 aromatic rings. The molecule has 22 heavy (non-hydrogen) atoms. The summed E-state index contributed by atoms with van der Waals surface area (Å²) in [4.78, 5) is 16.6. The van der Waals surface area contributed by atoms with E-state index in [4.69, 9.17) is 14.1 Å². The highest BCUT2D eigenvalue weighted by Crippen LogP contribution is 2.18. The van der Waals surface area contributed by atoms with Gasteiger partial charge in [0.2, 0.25) is 0 Å². The molecule has 0 saturated heterocycles. The molecule has 0 bridgehead atoms. The third-order valence-electron chi connectivity index (χ3n) is 3.36. The average Bonchev–Trinajstić information content (AvgIpc) is 2.81. The summed E-state index contributed by atoms with van der Waals surface area (Å²) in [6.45, 7) is 3.83. The van der Waals surface area contributed by atoms with Crippen LogP contribution in [0.1, 0.15) is 23.4 Å². The highest BCUT2D eigenvalue weighted by atomic mass is 16.6. The van der Waals surface area contributed by atoms with Gasteiger partial charge in [-0.15, -0.1) is 0 Å². The molecular formula is C15H18N2O5. The zero-order valence-corrected chi connectivity index (χ0v) is 12.7. The molecule has 1 atom stereocenters. The number of ether oxygens (including phenoxy) is 1. The molecule has 0 amide bonds. The summed E-state index contributed by atoms with van der Waals surface area (Å²) in [5.41, 5.74) is 2.60. The molecule has 1 heterocycles. The highest BCUT2D eigenvalue weighted by molar-refractivity contribution is 6.06. The summed E-state index contributed by atoms with van der Waals surface area (Å²) in [6, 6.07) is 0. The van der Waals surface area contributed by atoms with Gasteiger partial charge in [-0.05, 0) is 13.8 Å². The van der Waals surface area contributed by atoms with E-state index in [0.29, 0.717) is 23.5 Å². The van der Waals surface area contributed by atoms with Crippen molar-refractivity contribution in [3.63, 3.8) is 0 Å². The van der Waals surface area contributed by atoms with Gasteiger partial charge in [-0.3, -0.25) is 0 Å². The van der Waals surface area contributed by atoms with Crippen LogP contribution >= 0.6 is 0 Å². The first-order valence-electron chi connectivity index (χ1n) is 6.77. The number of hydrogen-bond acceptors (Lipinski definition) is 6. The number of carboxylic acid groups (broad SMARTS) is 1. The van der Waals surface area contributed by atoms with Gasteiger partial charge >= 0.3 is 5.97 Å². The third kappa shape index (κ3) is 3.43. The smallest absolute Gasteiger partial charge is 0.337 e. The number of methoxy groups -OCH3 is 1. The molecular weight excluding hydrogens is 288 g/mol. The van der Waals surface area contributed by atoms with E-state index >= 15 is 0 Å². The zero-order chi connectivity index (χ0) is 16.1. The van der Waals surface area contributed by atoms with Crippen LogP contribution in [0.15, 0.2) is 33.5 Å². The van der Waals surface area contributed by atoms with E-state index in [0.717, 1.165) is 11.3 Å². The van der Waals surface area contributed by atoms with Gasteiger partial charge in [0.25, 0.3) is 0 Å². The van der Waals surface area contributed by atoms with E-state index in [9.17, 15) is 9.90 Å². The number of rotatable bonds is 6. The Labute approximate surface area is 127 Å². The van der Waals surface area contributed by atoms with Crippen LogP contribution in [0.3, 0.4) is 0 Å². The van der Waals surface area contributed by atoms with Crippen molar-refractivity contribution in [1.29, 1.82) is 0 Å². The molecule has 7 heteroatoms. The van der Waals surface area contributed by atoms with Crippen molar-refractivity contribution in [2.24, 2.45) is 5.16 Å². The Morgan fingerprint density at radius 3 is 2.91 bits per heavy atom. The number of nitrogens with zero attached hydrogens (tertiary/aromatic N) is 2. The first-order valence-corrected chi connectivity index (χ1v) is 6.77. The Kier molecular flexibility index (Phi) is 5.11. The van der Waals surface area contributed by atoms with E-state index in [-0.39, 0.29) is 6.61 Å². The second-order valence-corrected chi connectivity index (χ2v) is 4.82. The van der Waals surface area contributed by atoms with Crippen molar-refractivity contribution in [3.05, 3.63) is 40.8 Å². The molecule has 0 spiro atoms. The van der Waals surface area contributed by atoms with Crippen molar-refractivity contribution in [2.75, 3.05) is 7.11 Å². The van der Waals surface area contributed by atoms with Crippen LogP contribution < -0.4 is 0 Å². The van der Waals surface area contributed by atoms with Crippen molar-refractivity contribution in [3.8, 4) is 0 Å². The summed E-state index contributed by atoms with van der Waals surface area (Å²) >= 11 is 0. The normalized spacial score (nSPS) is 17.4. The number of carboxylic acids is 1. The lowest BCUT2D eigenvalue weighted by molar-refractivity contribution is -0.145. The summed E-state index contributed by atoms with van der Waals surface area (Å²) in [5, 5.41) is 17.1. The maximum Gasteiger partial charge on any atom is 0.337 e. The molecule has 0 radical (unpaired) electrons. The Morgan fingerprint density at radius 2 is 2.32 bits per heavy atom. The predicted molar refractivity (Wildman–Crippen MR) is 78.5 cm³/mol. The average molecular weight is 306 g/mol. The lowest BCUT2D eigenvalue weighted by Crippen LogP contribution is -2.29. The molecule has 2 rings (SSSR count). The van der Waals surface area contributed by atoms with E-state index in [1.54, 1.807) is 19.1 Å². The van der Waals surface area contributed by atoms with Crippen LogP contribution in [0.4, 0.5) is 0 Å². The second kappa shape index (κ2) is 7.04. The number of carbonyl (C=O) groups is 1. The molecule has 1 aromatic heterocycles. The third-order valence-corrected chi connectivity index (χ3v) is 3.36. The summed E-state index contributed by atoms with van der Waals surface area (Å²) in [5.74, 6) is -0.389. The Bertz CT molecular complexity index is 623. The van der Waals surface area contributed by atoms with Gasteiger partial charge in [0.1, 0.15) is 12.4 Å². The lowest BCUT2D eigenvalue weighted by Gasteiger charge is -2.17. The fourth-order valence-electron chi connectivity index (χ4n) is 2.14. The number of aliphatic carboxylic acids is 1. The Morgan fingerprint density at radius 1 is 1.55 bits per heavy atom. The van der Waals surface area contributed by atoms with E-state index in [1.165, 1.54) is 7.11 Å². The van der Waals surface area contributed by atoms with Crippen LogP contribution in [-0.4, -0.2) is 35.2 Å². The minimum atomic E-state index is -1.07. The quantitative estimate of drug-likeness (QED) is 0.809. The molecule has 118 valence electrons. The number of aromatic nitrogens is 1. The number of allylic oxidation sites excluding steroid dienone is 3. The van der Waals surface area contributed by atoms with Gasteiger partial charge in [0.05, 0.1) is 17.0 Å². The van der Waals surface area contributed by atoms with Gasteiger partial charge < -0.3 is 19.2 Å². The lowest BCUT2D eigenvalue weighted by atomic mass is 9.97. The predicted octanol–water partition coefficient (Wildman–Crippen LogP) is 2.15. The van der Waals surface area contributed by atoms with Crippen molar-refractivity contribution in [1.82, 2.24) is 5.16 Å². The first kappa shape index (κ1) is 16.0. The molecule has 1 unspecified atom stereocenters. The molecule has 1 aliphatic rings. The van der Waals surface area contributed by atoms with Crippen molar-refractivity contribution < 1.29 is 24.0 Å². The highest BCUT2D eigenvalue weighted by Gasteiger charge is 2.26. The number of aryl methyl sites for hydroxylation is 2. The van der Waals surface area contributed by atoms with E-state index < -0.39 is 12.1 Å². The minimum absolute atomic E-state index is 0.215. The molecule has 0 aromatic carbocycles. The molecule has 1 aliphatic carbocycles. The minimum Gasteiger partial charge on any atom is -0.479 e. The van der Waals surface area contributed by atoms with Gasteiger partial charge in [0.15, 0.2) is 6.10 Å². The largest absolute Gasteiger partial charge is 0.479 e. The van der Waals surface area contributed by atoms with E-state index in [2.05, 4.69) is 10.3 Å². The zero-order valence-electron chi connectivity index (χ0n) is 12.7. The summed E-state index contributed by atoms with van der Waals surface area (Å²) < 4.78 is 10.1. The maximum atomic E-state index is 11.2. The fourth-order valence-corrected chi connectivity index (χ4v) is 2.14. The van der Waals surface area contributed by atoms with Crippen molar-refractivity contribution in [2.45, 2.75) is 33.0 Å². The molecule has 0 aliphatic heterocycles. The maximum absolute atomic E-state index is 11.2. The van der Waals surface area contributed by atoms with E-state index in [1.807, 2.05) is 13.0 Å². The van der Waals surface area contributed by atoms with Crippen LogP contribution in [0, 0.1) is 13.8 Å². The summed E-state index contributed by atoms with van der Waals surface area (Å²) in [6.07, 6.45) is 4.74. The van der Waals surface area contributed by atoms with Gasteiger partial charge in [-0.1, -0.05) is 28.5 Å². The van der Waals surface area contributed by atoms with Crippen LogP contribution in [0.2, 0.25) is 0 Å². The molecule has 7 nitrogen and oxygen atoms in total. The standard InChI is InChI=1S/C15H18N2O5/c1-9-12(10(2)22-16-9)8-21-17-13-7-5-4-6-11(13)14(20-3)15(18)19/h4-6,14H,7-8H2,1-3H3,(H,18,19)/b17-13+. The second-order valence-electron chi connectivity index (χ2n) is 4.82. The van der Waals surface area contributed by atoms with Crippen LogP contribution in [-0.2, 0) is 21.0 Å². The van der Waals surface area contributed by atoms with Crippen LogP contribution in [0.5, 0.6) is 0 Å². The SMILES string of the molecule is COC(C(=O)O)C1=CC=CC/C1=N\OCc1c(C)noc1C. The summed E-state index contributed by atoms with van der Waals surface area (Å²) in [7, 11) is 1.35. The monoisotopic (exact) mass is 306 g/mol. The molecule has 0 fully saturated rings. The van der Waals surface area contributed by atoms with Gasteiger partial charge in [0, 0.05) is 19.1 Å². The topological polar surface area (TPSA) is 94.2 Å². The molecule has 1 N–H and O–H groups in total. The number of hydrogen-bond donors (Lipinski definition) is 1. The van der Waals surface area contributed by atoms with Crippen molar-refractivity contribution >= 4 is 11.7 Å². The van der Waals surface area contributed by atoms with Gasteiger partial charge in [-0.2, -0.15) is 0 Å². The molecule has 0 saturated carbocycles. The van der Waals surface area contributed by atoms with Gasteiger partial charge in [-0.25, -0.2) is 4.79 Å². The Hall–Kier alpha value is -2.41. The Balaban J connectivity index is 2.11. The first-order chi connectivity index (χ1) is 10.5.